The normalized spacial score (nSPS) is 10.6. The van der Waals surface area contributed by atoms with E-state index < -0.39 is 11.5 Å². The first-order valence-corrected chi connectivity index (χ1v) is 10.7. The van der Waals surface area contributed by atoms with Crippen LogP contribution in [0.3, 0.4) is 0 Å². The van der Waals surface area contributed by atoms with Gasteiger partial charge in [-0.15, -0.1) is 0 Å². The van der Waals surface area contributed by atoms with Crippen molar-refractivity contribution in [1.82, 2.24) is 24.6 Å². The predicted molar refractivity (Wildman–Crippen MR) is 127 cm³/mol. The Hall–Kier alpha value is -4.53. The van der Waals surface area contributed by atoms with E-state index >= 15 is 0 Å². The highest BCUT2D eigenvalue weighted by molar-refractivity contribution is 5.75. The van der Waals surface area contributed by atoms with E-state index in [1.54, 1.807) is 19.2 Å². The molecule has 2 aromatic heterocycles. The highest BCUT2D eigenvalue weighted by Crippen LogP contribution is 2.27. The third-order valence-electron chi connectivity index (χ3n) is 5.17. The summed E-state index contributed by atoms with van der Waals surface area (Å²) in [6, 6.07) is 21.1. The summed E-state index contributed by atoms with van der Waals surface area (Å²) in [6.45, 7) is 0.199. The van der Waals surface area contributed by atoms with Gasteiger partial charge in [0, 0.05) is 36.3 Å². The Morgan fingerprint density at radius 2 is 1.71 bits per heavy atom. The maximum absolute atomic E-state index is 12.4. The number of hydrogen-bond acceptors (Lipinski definition) is 6. The number of rotatable bonds is 8. The number of amides is 1. The Balaban J connectivity index is 1.38. The summed E-state index contributed by atoms with van der Waals surface area (Å²) in [7, 11) is 1.55. The lowest BCUT2D eigenvalue weighted by Crippen LogP contribution is -2.36. The maximum atomic E-state index is 12.4. The van der Waals surface area contributed by atoms with Crippen molar-refractivity contribution in [2.24, 2.45) is 0 Å². The van der Waals surface area contributed by atoms with Crippen molar-refractivity contribution >= 4 is 5.91 Å². The number of methoxy groups -OCH3 is 1. The van der Waals surface area contributed by atoms with Crippen LogP contribution in [0.25, 0.3) is 22.5 Å². The van der Waals surface area contributed by atoms with Crippen LogP contribution >= 0.6 is 0 Å². The van der Waals surface area contributed by atoms with Gasteiger partial charge >= 0.3 is 0 Å². The van der Waals surface area contributed by atoms with Gasteiger partial charge in [-0.05, 0) is 18.2 Å². The van der Waals surface area contributed by atoms with Gasteiger partial charge in [-0.3, -0.25) is 19.0 Å². The summed E-state index contributed by atoms with van der Waals surface area (Å²) in [5.74, 6) is 0.218. The van der Waals surface area contributed by atoms with Crippen LogP contribution < -0.4 is 21.2 Å². The summed E-state index contributed by atoms with van der Waals surface area (Å²) in [4.78, 5) is 41.3. The molecule has 2 heterocycles. The molecule has 9 nitrogen and oxygen atoms in total. The van der Waals surface area contributed by atoms with Crippen molar-refractivity contribution in [3.8, 4) is 28.3 Å². The number of hydrogen-bond donors (Lipinski definition) is 1. The third-order valence-corrected chi connectivity index (χ3v) is 5.17. The minimum Gasteiger partial charge on any atom is -0.496 e. The molecule has 0 fully saturated rings. The second-order valence-electron chi connectivity index (χ2n) is 7.44. The number of carbonyl (C=O) groups is 1. The summed E-state index contributed by atoms with van der Waals surface area (Å²) < 4.78 is 7.86. The van der Waals surface area contributed by atoms with Gasteiger partial charge in [-0.1, -0.05) is 42.5 Å². The van der Waals surface area contributed by atoms with Crippen LogP contribution in [0.4, 0.5) is 0 Å². The molecule has 2 aromatic carbocycles. The molecule has 0 spiro atoms. The highest BCUT2D eigenvalue weighted by Gasteiger charge is 2.11. The smallest absolute Gasteiger partial charge is 0.267 e. The largest absolute Gasteiger partial charge is 0.496 e. The standard InChI is InChI=1S/C25H23N5O4/c1-34-22-10-6-5-9-19(22)20-11-12-24(32)30(28-20)16-23(31)26-13-14-29-17-27-21(15-25(29)33)18-7-3-2-4-8-18/h2-12,15,17H,13-14,16H2,1H3,(H,26,31). The molecule has 0 aliphatic carbocycles. The fourth-order valence-corrected chi connectivity index (χ4v) is 3.43. The molecule has 0 aliphatic heterocycles. The molecule has 1 N–H and O–H groups in total. The van der Waals surface area contributed by atoms with Gasteiger partial charge < -0.3 is 10.1 Å². The van der Waals surface area contributed by atoms with Crippen LogP contribution in [-0.4, -0.2) is 38.9 Å². The molecular weight excluding hydrogens is 434 g/mol. The van der Waals surface area contributed by atoms with Crippen molar-refractivity contribution in [1.29, 1.82) is 0 Å². The van der Waals surface area contributed by atoms with Crippen molar-refractivity contribution in [2.45, 2.75) is 13.1 Å². The second kappa shape index (κ2) is 10.4. The molecule has 4 aromatic rings. The Kier molecular flexibility index (Phi) is 6.92. The number of carbonyl (C=O) groups excluding carboxylic acids is 1. The van der Waals surface area contributed by atoms with Crippen molar-refractivity contribution < 1.29 is 9.53 Å². The highest BCUT2D eigenvalue weighted by atomic mass is 16.5. The fourth-order valence-electron chi connectivity index (χ4n) is 3.43. The number of para-hydroxylation sites is 1. The van der Waals surface area contributed by atoms with Crippen molar-refractivity contribution in [3.05, 3.63) is 99.8 Å². The van der Waals surface area contributed by atoms with E-state index in [2.05, 4.69) is 15.4 Å². The lowest BCUT2D eigenvalue weighted by molar-refractivity contribution is -0.121. The Morgan fingerprint density at radius 3 is 2.47 bits per heavy atom. The van der Waals surface area contributed by atoms with E-state index in [0.717, 1.165) is 10.2 Å². The number of nitrogens with zero attached hydrogens (tertiary/aromatic N) is 4. The number of nitrogens with one attached hydrogen (secondary N) is 1. The van der Waals surface area contributed by atoms with Crippen LogP contribution in [0.2, 0.25) is 0 Å². The number of ether oxygens (including phenoxy) is 1. The summed E-state index contributed by atoms with van der Waals surface area (Å²) in [5, 5.41) is 7.02. The molecule has 1 amide bonds. The van der Waals surface area contributed by atoms with Crippen LogP contribution in [0.5, 0.6) is 5.75 Å². The minimum atomic E-state index is -0.397. The van der Waals surface area contributed by atoms with Gasteiger partial charge in [0.2, 0.25) is 5.91 Å². The van der Waals surface area contributed by atoms with Gasteiger partial charge in [0.05, 0.1) is 24.8 Å². The zero-order chi connectivity index (χ0) is 23.9. The first-order valence-electron chi connectivity index (χ1n) is 10.7. The second-order valence-corrected chi connectivity index (χ2v) is 7.44. The molecule has 34 heavy (non-hydrogen) atoms. The molecule has 0 bridgehead atoms. The van der Waals surface area contributed by atoms with Crippen LogP contribution in [-0.2, 0) is 17.9 Å². The molecule has 0 saturated carbocycles. The molecule has 0 unspecified atom stereocenters. The summed E-state index contributed by atoms with van der Waals surface area (Å²) >= 11 is 0. The number of aromatic nitrogens is 4. The first kappa shape index (κ1) is 22.7. The molecule has 172 valence electrons. The zero-order valence-electron chi connectivity index (χ0n) is 18.5. The monoisotopic (exact) mass is 457 g/mol. The minimum absolute atomic E-state index is 0.200. The van der Waals surface area contributed by atoms with E-state index in [0.29, 0.717) is 22.7 Å². The first-order chi connectivity index (χ1) is 16.5. The Labute approximate surface area is 195 Å². The average Bonchev–Trinajstić information content (AvgIpc) is 2.87. The topological polar surface area (TPSA) is 108 Å². The molecule has 0 saturated heterocycles. The molecular formula is C25H23N5O4. The van der Waals surface area contributed by atoms with Crippen molar-refractivity contribution in [2.75, 3.05) is 13.7 Å². The molecule has 0 aliphatic rings. The van der Waals surface area contributed by atoms with E-state index in [-0.39, 0.29) is 25.2 Å². The van der Waals surface area contributed by atoms with Gasteiger partial charge in [0.15, 0.2) is 0 Å². The van der Waals surface area contributed by atoms with Gasteiger partial charge in [0.25, 0.3) is 11.1 Å². The van der Waals surface area contributed by atoms with Crippen LogP contribution in [0.1, 0.15) is 0 Å². The van der Waals surface area contributed by atoms with E-state index in [1.807, 2.05) is 48.5 Å². The van der Waals surface area contributed by atoms with Crippen LogP contribution in [0, 0.1) is 0 Å². The Morgan fingerprint density at radius 1 is 0.941 bits per heavy atom. The van der Waals surface area contributed by atoms with Crippen molar-refractivity contribution in [3.63, 3.8) is 0 Å². The van der Waals surface area contributed by atoms with Gasteiger partial charge in [-0.25, -0.2) is 9.67 Å². The van der Waals surface area contributed by atoms with E-state index in [9.17, 15) is 14.4 Å². The third kappa shape index (κ3) is 5.26. The van der Waals surface area contributed by atoms with Crippen LogP contribution in [0.15, 0.2) is 88.7 Å². The summed E-state index contributed by atoms with van der Waals surface area (Å²) in [6.07, 6.45) is 1.46. The van der Waals surface area contributed by atoms with Gasteiger partial charge in [-0.2, -0.15) is 5.10 Å². The molecule has 4 rings (SSSR count). The number of benzene rings is 2. The van der Waals surface area contributed by atoms with Gasteiger partial charge in [0.1, 0.15) is 12.3 Å². The zero-order valence-corrected chi connectivity index (χ0v) is 18.5. The molecule has 0 radical (unpaired) electrons. The lowest BCUT2D eigenvalue weighted by Gasteiger charge is -2.11. The van der Waals surface area contributed by atoms with E-state index in [4.69, 9.17) is 4.74 Å². The lowest BCUT2D eigenvalue weighted by atomic mass is 10.1. The summed E-state index contributed by atoms with van der Waals surface area (Å²) in [5.41, 5.74) is 2.06. The maximum Gasteiger partial charge on any atom is 0.267 e. The predicted octanol–water partition coefficient (Wildman–Crippen LogP) is 1.96. The Bertz CT molecular complexity index is 1410. The molecule has 0 atom stereocenters. The molecule has 9 heteroatoms. The quantitative estimate of drug-likeness (QED) is 0.433. The van der Waals surface area contributed by atoms with E-state index in [1.165, 1.54) is 23.0 Å². The average molecular weight is 457 g/mol. The fraction of sp³-hybridized carbons (Fsp3) is 0.160. The SMILES string of the molecule is COc1ccccc1-c1ccc(=O)n(CC(=O)NCCn2cnc(-c3ccccc3)cc2=O)n1.